The summed E-state index contributed by atoms with van der Waals surface area (Å²) in [5.74, 6) is 0.0768. The van der Waals surface area contributed by atoms with Crippen molar-refractivity contribution in [2.45, 2.75) is 0 Å². The molecule has 3 rings (SSSR count). The van der Waals surface area contributed by atoms with Gasteiger partial charge in [-0.1, -0.05) is 30.3 Å². The topological polar surface area (TPSA) is 43.1 Å². The molecule has 0 fully saturated rings. The second-order valence-corrected chi connectivity index (χ2v) is 3.68. The molecule has 1 aliphatic rings. The van der Waals surface area contributed by atoms with Crippen LogP contribution in [0.5, 0.6) is 0 Å². The number of anilines is 1. The molecular formula is C13H10ClNO. The Hall–Kier alpha value is -1.80. The summed E-state index contributed by atoms with van der Waals surface area (Å²) in [7, 11) is 0. The second-order valence-electron chi connectivity index (χ2n) is 3.68. The van der Waals surface area contributed by atoms with Crippen molar-refractivity contribution in [1.29, 1.82) is 0 Å². The molecule has 0 aliphatic heterocycles. The Morgan fingerprint density at radius 3 is 2.19 bits per heavy atom. The third-order valence-corrected chi connectivity index (χ3v) is 2.75. The van der Waals surface area contributed by atoms with Crippen LogP contribution in [0.25, 0.3) is 11.1 Å². The van der Waals surface area contributed by atoms with Crippen molar-refractivity contribution >= 4 is 23.9 Å². The lowest BCUT2D eigenvalue weighted by atomic mass is 10.1. The number of ketones is 1. The summed E-state index contributed by atoms with van der Waals surface area (Å²) in [5.41, 5.74) is 9.81. The lowest BCUT2D eigenvalue weighted by molar-refractivity contribution is 0.104. The van der Waals surface area contributed by atoms with Crippen LogP contribution < -0.4 is 5.73 Å². The molecule has 0 amide bonds. The molecule has 0 atom stereocenters. The van der Waals surface area contributed by atoms with Crippen LogP contribution >= 0.6 is 12.4 Å². The van der Waals surface area contributed by atoms with Crippen LogP contribution in [-0.4, -0.2) is 5.78 Å². The van der Waals surface area contributed by atoms with Gasteiger partial charge in [0.1, 0.15) is 0 Å². The van der Waals surface area contributed by atoms with Crippen LogP contribution in [-0.2, 0) is 0 Å². The van der Waals surface area contributed by atoms with E-state index >= 15 is 0 Å². The van der Waals surface area contributed by atoms with Crippen LogP contribution in [0.15, 0.2) is 42.5 Å². The van der Waals surface area contributed by atoms with Crippen molar-refractivity contribution in [2.75, 3.05) is 5.73 Å². The van der Waals surface area contributed by atoms with E-state index in [-0.39, 0.29) is 18.2 Å². The average molecular weight is 232 g/mol. The summed E-state index contributed by atoms with van der Waals surface area (Å²) in [6.45, 7) is 0. The Kier molecular flexibility index (Phi) is 2.44. The molecule has 0 radical (unpaired) electrons. The standard InChI is InChI=1S/C13H9NO.ClH/c14-8-5-6-10-9-3-1-2-4-11(9)13(15)12(10)7-8;/h1-7H,14H2;1H. The van der Waals surface area contributed by atoms with Crippen molar-refractivity contribution < 1.29 is 4.79 Å². The van der Waals surface area contributed by atoms with Gasteiger partial charge in [-0.2, -0.15) is 0 Å². The first kappa shape index (κ1) is 10.7. The smallest absolute Gasteiger partial charge is 0.194 e. The fraction of sp³-hybridized carbons (Fsp3) is 0. The lowest BCUT2D eigenvalue weighted by Gasteiger charge is -1.99. The summed E-state index contributed by atoms with van der Waals surface area (Å²) in [6.07, 6.45) is 0. The number of carbonyl (C=O) groups excluding carboxylic acids is 1. The van der Waals surface area contributed by atoms with Crippen LogP contribution in [0.1, 0.15) is 15.9 Å². The van der Waals surface area contributed by atoms with Crippen LogP contribution in [0.2, 0.25) is 0 Å². The van der Waals surface area contributed by atoms with Crippen LogP contribution in [0.4, 0.5) is 5.69 Å². The van der Waals surface area contributed by atoms with Crippen molar-refractivity contribution in [3.05, 3.63) is 53.6 Å². The number of hydrogen-bond donors (Lipinski definition) is 1. The SMILES string of the molecule is Cl.Nc1ccc2c(c1)C(=O)c1ccccc1-2. The predicted octanol–water partition coefficient (Wildman–Crippen LogP) is 2.90. The molecule has 0 saturated heterocycles. The molecule has 0 heterocycles. The largest absolute Gasteiger partial charge is 0.399 e. The minimum atomic E-state index is 0. The number of carbonyl (C=O) groups is 1. The summed E-state index contributed by atoms with van der Waals surface area (Å²) in [4.78, 5) is 12.0. The van der Waals surface area contributed by atoms with E-state index in [0.717, 1.165) is 22.3 Å². The number of fused-ring (bicyclic) bond motifs is 3. The second kappa shape index (κ2) is 3.65. The van der Waals surface area contributed by atoms with E-state index in [1.54, 1.807) is 6.07 Å². The molecule has 3 heteroatoms. The fourth-order valence-electron chi connectivity index (χ4n) is 2.05. The Balaban J connectivity index is 0.000000963. The molecule has 16 heavy (non-hydrogen) atoms. The van der Waals surface area contributed by atoms with Crippen molar-refractivity contribution in [3.8, 4) is 11.1 Å². The summed E-state index contributed by atoms with van der Waals surface area (Å²) < 4.78 is 0. The van der Waals surface area contributed by atoms with Gasteiger partial charge in [0.2, 0.25) is 0 Å². The molecular weight excluding hydrogens is 222 g/mol. The quantitative estimate of drug-likeness (QED) is 0.605. The highest BCUT2D eigenvalue weighted by Crippen LogP contribution is 2.36. The molecule has 0 saturated carbocycles. The first-order chi connectivity index (χ1) is 7.27. The predicted molar refractivity (Wildman–Crippen MR) is 67.0 cm³/mol. The van der Waals surface area contributed by atoms with Gasteiger partial charge in [0.25, 0.3) is 0 Å². The third-order valence-electron chi connectivity index (χ3n) is 2.75. The Morgan fingerprint density at radius 2 is 1.44 bits per heavy atom. The Labute approximate surface area is 99.5 Å². The monoisotopic (exact) mass is 231 g/mol. The van der Waals surface area contributed by atoms with Gasteiger partial charge in [0.05, 0.1) is 0 Å². The van der Waals surface area contributed by atoms with Crippen LogP contribution in [0, 0.1) is 0 Å². The molecule has 0 unspecified atom stereocenters. The molecule has 2 nitrogen and oxygen atoms in total. The zero-order valence-corrected chi connectivity index (χ0v) is 9.25. The maximum absolute atomic E-state index is 12.0. The molecule has 2 aromatic rings. The number of rotatable bonds is 0. The average Bonchev–Trinajstić information content (AvgIpc) is 2.54. The van der Waals surface area contributed by atoms with Crippen molar-refractivity contribution in [2.24, 2.45) is 0 Å². The van der Waals surface area contributed by atoms with E-state index in [2.05, 4.69) is 0 Å². The highest BCUT2D eigenvalue weighted by atomic mass is 35.5. The minimum Gasteiger partial charge on any atom is -0.399 e. The maximum atomic E-state index is 12.0. The van der Waals surface area contributed by atoms with Gasteiger partial charge in [-0.05, 0) is 23.3 Å². The van der Waals surface area contributed by atoms with E-state index in [1.807, 2.05) is 36.4 Å². The molecule has 0 spiro atoms. The minimum absolute atomic E-state index is 0. The summed E-state index contributed by atoms with van der Waals surface area (Å²) in [5, 5.41) is 0. The number of benzene rings is 2. The van der Waals surface area contributed by atoms with Gasteiger partial charge in [-0.15, -0.1) is 12.4 Å². The first-order valence-electron chi connectivity index (χ1n) is 4.81. The Bertz CT molecular complexity index is 578. The van der Waals surface area contributed by atoms with Crippen LogP contribution in [0.3, 0.4) is 0 Å². The zero-order valence-electron chi connectivity index (χ0n) is 8.44. The number of hydrogen-bond acceptors (Lipinski definition) is 2. The van der Waals surface area contributed by atoms with Crippen molar-refractivity contribution in [3.63, 3.8) is 0 Å². The van der Waals surface area contributed by atoms with E-state index in [1.165, 1.54) is 0 Å². The Morgan fingerprint density at radius 1 is 0.812 bits per heavy atom. The normalized spacial score (nSPS) is 11.6. The third kappa shape index (κ3) is 1.31. The van der Waals surface area contributed by atoms with Gasteiger partial charge in [0.15, 0.2) is 5.78 Å². The molecule has 1 aliphatic carbocycles. The van der Waals surface area contributed by atoms with Gasteiger partial charge >= 0.3 is 0 Å². The molecule has 2 aromatic carbocycles. The molecule has 80 valence electrons. The van der Waals surface area contributed by atoms with E-state index in [0.29, 0.717) is 5.69 Å². The molecule has 0 bridgehead atoms. The van der Waals surface area contributed by atoms with Gasteiger partial charge in [-0.25, -0.2) is 0 Å². The van der Waals surface area contributed by atoms with Gasteiger partial charge in [-0.3, -0.25) is 4.79 Å². The van der Waals surface area contributed by atoms with E-state index in [4.69, 9.17) is 5.73 Å². The zero-order chi connectivity index (χ0) is 10.4. The fourth-order valence-corrected chi connectivity index (χ4v) is 2.05. The van der Waals surface area contributed by atoms with E-state index in [9.17, 15) is 4.79 Å². The maximum Gasteiger partial charge on any atom is 0.194 e. The number of nitrogen functional groups attached to an aromatic ring is 1. The van der Waals surface area contributed by atoms with Gasteiger partial charge in [0, 0.05) is 16.8 Å². The van der Waals surface area contributed by atoms with Crippen molar-refractivity contribution in [1.82, 2.24) is 0 Å². The van der Waals surface area contributed by atoms with Gasteiger partial charge < -0.3 is 5.73 Å². The van der Waals surface area contributed by atoms with E-state index < -0.39 is 0 Å². The highest BCUT2D eigenvalue weighted by molar-refractivity contribution is 6.22. The summed E-state index contributed by atoms with van der Waals surface area (Å²) in [6, 6.07) is 13.1. The molecule has 2 N–H and O–H groups in total. The summed E-state index contributed by atoms with van der Waals surface area (Å²) >= 11 is 0. The lowest BCUT2D eigenvalue weighted by Crippen LogP contribution is -1.95. The highest BCUT2D eigenvalue weighted by Gasteiger charge is 2.25. The number of nitrogens with two attached hydrogens (primary N) is 1. The number of halogens is 1. The molecule has 0 aromatic heterocycles. The first-order valence-corrected chi connectivity index (χ1v) is 4.81.